The average Bonchev–Trinajstić information content (AvgIpc) is 3.02. The normalized spacial score (nSPS) is 41.4. The van der Waals surface area contributed by atoms with Crippen LogP contribution in [0.2, 0.25) is 0 Å². The molecule has 0 radical (unpaired) electrons. The van der Waals surface area contributed by atoms with Gasteiger partial charge in [0.2, 0.25) is 0 Å². The first kappa shape index (κ1) is 18.8. The number of carbonyl (C=O) groups is 2. The predicted molar refractivity (Wildman–Crippen MR) is 119 cm³/mol. The molecule has 3 nitrogen and oxygen atoms in total. The summed E-state index contributed by atoms with van der Waals surface area (Å²) in [6.45, 7) is 2.29. The summed E-state index contributed by atoms with van der Waals surface area (Å²) in [7, 11) is 4.21. The van der Waals surface area contributed by atoms with Gasteiger partial charge in [-0.2, -0.15) is 0 Å². The molecule has 0 amide bonds. The molecule has 0 heterocycles. The van der Waals surface area contributed by atoms with Gasteiger partial charge >= 0.3 is 0 Å². The summed E-state index contributed by atoms with van der Waals surface area (Å²) in [5.41, 5.74) is 5.67. The Balaban J connectivity index is 1.56. The molecule has 0 N–H and O–H groups in total. The summed E-state index contributed by atoms with van der Waals surface area (Å²) in [5.74, 6) is 3.08. The second-order valence-electron chi connectivity index (χ2n) is 11.3. The van der Waals surface area contributed by atoms with E-state index in [1.807, 2.05) is 6.08 Å². The number of allylic oxidation sites excluding steroid dienone is 1. The van der Waals surface area contributed by atoms with Gasteiger partial charge in [0.1, 0.15) is 5.78 Å². The number of ketones is 2. The zero-order valence-electron chi connectivity index (χ0n) is 18.5. The highest BCUT2D eigenvalue weighted by Crippen LogP contribution is 2.70. The second-order valence-corrected chi connectivity index (χ2v) is 11.3. The lowest BCUT2D eigenvalue weighted by Crippen LogP contribution is -2.57. The molecule has 1 aromatic rings. The van der Waals surface area contributed by atoms with Gasteiger partial charge in [-0.1, -0.05) is 18.6 Å². The molecule has 6 rings (SSSR count). The fraction of sp³-hybridized carbons (Fsp3) is 0.630. The average molecular weight is 404 g/mol. The molecule has 0 aromatic heterocycles. The molecule has 3 fully saturated rings. The maximum atomic E-state index is 13.1. The molecule has 0 bridgehead atoms. The minimum atomic E-state index is -0.145. The highest BCUT2D eigenvalue weighted by molar-refractivity contribution is 5.92. The molecule has 3 heteroatoms. The number of anilines is 1. The SMILES string of the molecule is CN(C)c1ccc2c(c1)C[C@]13CCC(=O)C=C1CC[C@@H]1C3C2C[C@]2(C)C(=O)CC[C@H]12. The van der Waals surface area contributed by atoms with Crippen LogP contribution < -0.4 is 4.90 Å². The Morgan fingerprint density at radius 1 is 1.07 bits per heavy atom. The van der Waals surface area contributed by atoms with E-state index in [0.29, 0.717) is 41.7 Å². The van der Waals surface area contributed by atoms with E-state index in [4.69, 9.17) is 0 Å². The maximum Gasteiger partial charge on any atom is 0.155 e. The third kappa shape index (κ3) is 2.27. The summed E-state index contributed by atoms with van der Waals surface area (Å²) in [6, 6.07) is 7.03. The van der Waals surface area contributed by atoms with Crippen molar-refractivity contribution in [3.8, 4) is 0 Å². The third-order valence-corrected chi connectivity index (χ3v) is 9.92. The van der Waals surface area contributed by atoms with Crippen LogP contribution in [0, 0.1) is 28.6 Å². The number of rotatable bonds is 1. The Bertz CT molecular complexity index is 991. The fourth-order valence-electron chi connectivity index (χ4n) is 8.65. The van der Waals surface area contributed by atoms with Crippen LogP contribution in [0.4, 0.5) is 5.69 Å². The number of hydrogen-bond donors (Lipinski definition) is 0. The molecule has 2 unspecified atom stereocenters. The lowest BCUT2D eigenvalue weighted by atomic mass is 9.40. The smallest absolute Gasteiger partial charge is 0.155 e. The van der Waals surface area contributed by atoms with Gasteiger partial charge in [-0.05, 0) is 96.9 Å². The summed E-state index contributed by atoms with van der Waals surface area (Å²) in [4.78, 5) is 27.6. The third-order valence-electron chi connectivity index (χ3n) is 9.92. The van der Waals surface area contributed by atoms with Gasteiger partial charge in [0, 0.05) is 38.0 Å². The van der Waals surface area contributed by atoms with Crippen LogP contribution in [0.1, 0.15) is 68.9 Å². The molecule has 30 heavy (non-hydrogen) atoms. The van der Waals surface area contributed by atoms with E-state index in [-0.39, 0.29) is 10.8 Å². The van der Waals surface area contributed by atoms with Crippen molar-refractivity contribution in [2.45, 2.75) is 64.2 Å². The lowest BCUT2D eigenvalue weighted by Gasteiger charge is -2.63. The highest BCUT2D eigenvalue weighted by Gasteiger charge is 2.64. The van der Waals surface area contributed by atoms with E-state index in [1.165, 1.54) is 28.8 Å². The molecule has 6 atom stereocenters. The van der Waals surface area contributed by atoms with E-state index in [2.05, 4.69) is 44.1 Å². The van der Waals surface area contributed by atoms with Gasteiger partial charge < -0.3 is 4.90 Å². The Hall–Kier alpha value is -1.90. The van der Waals surface area contributed by atoms with E-state index in [0.717, 1.165) is 38.5 Å². The number of hydrogen-bond acceptors (Lipinski definition) is 3. The van der Waals surface area contributed by atoms with Gasteiger partial charge in [-0.15, -0.1) is 0 Å². The molecule has 5 aliphatic rings. The van der Waals surface area contributed by atoms with Gasteiger partial charge in [0.15, 0.2) is 5.78 Å². The largest absolute Gasteiger partial charge is 0.378 e. The van der Waals surface area contributed by atoms with Crippen LogP contribution in [0.5, 0.6) is 0 Å². The molecule has 0 aliphatic heterocycles. The number of nitrogens with zero attached hydrogens (tertiary/aromatic N) is 1. The zero-order valence-corrected chi connectivity index (χ0v) is 18.5. The van der Waals surface area contributed by atoms with Crippen molar-refractivity contribution in [2.75, 3.05) is 19.0 Å². The van der Waals surface area contributed by atoms with Crippen molar-refractivity contribution < 1.29 is 9.59 Å². The monoisotopic (exact) mass is 403 g/mol. The molecule has 5 aliphatic carbocycles. The minimum Gasteiger partial charge on any atom is -0.378 e. The molecule has 3 saturated carbocycles. The standard InChI is InChI=1S/C27H33NO2/c1-26-15-22-20-7-5-18(28(2)3)12-16(20)14-27-11-10-19(29)13-17(27)4-6-21(25(22)27)23(26)8-9-24(26)30/h5,7,12-13,21-23,25H,4,6,8-11,14-15H2,1-3H3/t21-,22?,23+,25?,26-,27+/m0/s1. The van der Waals surface area contributed by atoms with Crippen LogP contribution >= 0.6 is 0 Å². The number of benzene rings is 1. The van der Waals surface area contributed by atoms with Crippen molar-refractivity contribution in [3.05, 3.63) is 41.0 Å². The van der Waals surface area contributed by atoms with E-state index in [9.17, 15) is 9.59 Å². The number of Topliss-reactive ketones (excluding diaryl/α,β-unsaturated/α-hetero) is 1. The van der Waals surface area contributed by atoms with Gasteiger partial charge in [0.25, 0.3) is 0 Å². The zero-order chi connectivity index (χ0) is 20.8. The van der Waals surface area contributed by atoms with Crippen LogP contribution in [0.25, 0.3) is 0 Å². The summed E-state index contributed by atoms with van der Waals surface area (Å²) < 4.78 is 0. The quantitative estimate of drug-likeness (QED) is 0.656. The minimum absolute atomic E-state index is 0.145. The summed E-state index contributed by atoms with van der Waals surface area (Å²) in [6.07, 6.45) is 9.92. The maximum absolute atomic E-state index is 13.1. The number of fused-ring (bicyclic) bond motifs is 4. The Morgan fingerprint density at radius 3 is 2.70 bits per heavy atom. The molecule has 0 saturated heterocycles. The molecule has 1 aromatic carbocycles. The van der Waals surface area contributed by atoms with Crippen molar-refractivity contribution >= 4 is 17.3 Å². The van der Waals surface area contributed by atoms with E-state index in [1.54, 1.807) is 0 Å². The van der Waals surface area contributed by atoms with Crippen molar-refractivity contribution in [2.24, 2.45) is 28.6 Å². The molecule has 1 spiro atoms. The lowest BCUT2D eigenvalue weighted by molar-refractivity contribution is -0.135. The van der Waals surface area contributed by atoms with Crippen molar-refractivity contribution in [1.82, 2.24) is 0 Å². The highest BCUT2D eigenvalue weighted by atomic mass is 16.1. The van der Waals surface area contributed by atoms with E-state index >= 15 is 0 Å². The molecular formula is C27H33NO2. The Kier molecular flexibility index (Phi) is 3.82. The van der Waals surface area contributed by atoms with Crippen LogP contribution in [0.3, 0.4) is 0 Å². The number of carbonyl (C=O) groups excluding carboxylic acids is 2. The summed E-state index contributed by atoms with van der Waals surface area (Å²) >= 11 is 0. The second kappa shape index (κ2) is 6.08. The fourth-order valence-corrected chi connectivity index (χ4v) is 8.65. The van der Waals surface area contributed by atoms with Crippen molar-refractivity contribution in [3.63, 3.8) is 0 Å². The first-order valence-corrected chi connectivity index (χ1v) is 11.9. The Labute approximate surface area is 179 Å². The van der Waals surface area contributed by atoms with Gasteiger partial charge in [-0.25, -0.2) is 0 Å². The van der Waals surface area contributed by atoms with Crippen LogP contribution in [-0.4, -0.2) is 25.7 Å². The van der Waals surface area contributed by atoms with E-state index < -0.39 is 0 Å². The Morgan fingerprint density at radius 2 is 1.90 bits per heavy atom. The predicted octanol–water partition coefficient (Wildman–Crippen LogP) is 5.08. The van der Waals surface area contributed by atoms with Crippen LogP contribution in [-0.2, 0) is 16.0 Å². The van der Waals surface area contributed by atoms with Crippen molar-refractivity contribution in [1.29, 1.82) is 0 Å². The topological polar surface area (TPSA) is 37.4 Å². The molecular weight excluding hydrogens is 370 g/mol. The first-order chi connectivity index (χ1) is 14.3. The van der Waals surface area contributed by atoms with Gasteiger partial charge in [-0.3, -0.25) is 9.59 Å². The summed E-state index contributed by atoms with van der Waals surface area (Å²) in [5, 5.41) is 0. The van der Waals surface area contributed by atoms with Gasteiger partial charge in [0.05, 0.1) is 0 Å². The molecule has 158 valence electrons. The first-order valence-electron chi connectivity index (χ1n) is 11.9. The van der Waals surface area contributed by atoms with Crippen LogP contribution in [0.15, 0.2) is 29.8 Å².